The fourth-order valence-corrected chi connectivity index (χ4v) is 2.42. The molecule has 0 bridgehead atoms. The van der Waals surface area contributed by atoms with Gasteiger partial charge in [0.05, 0.1) is 10.6 Å². The van der Waals surface area contributed by atoms with Gasteiger partial charge in [-0.05, 0) is 26.0 Å². The molecule has 23 heavy (non-hydrogen) atoms. The molecule has 0 spiro atoms. The largest absolute Gasteiger partial charge is 0.419 e. The van der Waals surface area contributed by atoms with Crippen LogP contribution in [0.3, 0.4) is 0 Å². The molecule has 0 saturated carbocycles. The number of aryl methyl sites for hydroxylation is 2. The number of aromatic amines is 1. The fraction of sp³-hybridized carbons (Fsp3) is 0.286. The molecule has 0 fully saturated rings. The Kier molecular flexibility index (Phi) is 4.39. The van der Waals surface area contributed by atoms with Gasteiger partial charge in [-0.3, -0.25) is 19.4 Å². The molecule has 0 unspecified atom stereocenters. The van der Waals surface area contributed by atoms with Crippen molar-refractivity contribution in [3.05, 3.63) is 55.7 Å². The molecule has 124 valence electrons. The molecule has 9 heteroatoms. The van der Waals surface area contributed by atoms with Crippen LogP contribution in [0, 0.1) is 12.7 Å². The molecule has 1 aromatic carbocycles. The Morgan fingerprint density at radius 2 is 1.96 bits per heavy atom. The molecule has 0 atom stereocenters. The lowest BCUT2D eigenvalue weighted by atomic mass is 10.0. The van der Waals surface area contributed by atoms with Gasteiger partial charge in [-0.25, -0.2) is 4.39 Å². The fourth-order valence-electron chi connectivity index (χ4n) is 2.17. The van der Waals surface area contributed by atoms with Gasteiger partial charge >= 0.3 is 6.18 Å². The third-order valence-electron chi connectivity index (χ3n) is 3.31. The molecule has 2 rings (SSSR count). The van der Waals surface area contributed by atoms with Gasteiger partial charge in [-0.2, -0.15) is 13.2 Å². The molecular weight excluding hydrogens is 340 g/mol. The van der Waals surface area contributed by atoms with Crippen molar-refractivity contribution in [2.75, 3.05) is 0 Å². The van der Waals surface area contributed by atoms with Crippen LogP contribution < -0.4 is 5.56 Å². The van der Waals surface area contributed by atoms with Crippen molar-refractivity contribution >= 4 is 17.4 Å². The van der Waals surface area contributed by atoms with Gasteiger partial charge in [0.1, 0.15) is 5.56 Å². The van der Waals surface area contributed by atoms with Gasteiger partial charge in [0, 0.05) is 17.8 Å². The van der Waals surface area contributed by atoms with E-state index in [0.29, 0.717) is 6.07 Å². The lowest BCUT2D eigenvalue weighted by Crippen LogP contribution is -2.22. The lowest BCUT2D eigenvalue weighted by Gasteiger charge is -2.11. The van der Waals surface area contributed by atoms with Crippen LogP contribution >= 0.6 is 11.6 Å². The van der Waals surface area contributed by atoms with E-state index in [2.05, 4.69) is 5.10 Å². The SMILES string of the molecule is CCn1[nH]c(C)c(C(=O)c2ccc(C(F)(F)F)c(F)c2Cl)c1=O. The summed E-state index contributed by atoms with van der Waals surface area (Å²) in [6.07, 6.45) is -4.94. The number of hydrogen-bond donors (Lipinski definition) is 1. The third kappa shape index (κ3) is 2.90. The Labute approximate surface area is 132 Å². The quantitative estimate of drug-likeness (QED) is 0.680. The Morgan fingerprint density at radius 3 is 2.43 bits per heavy atom. The normalized spacial score (nSPS) is 11.8. The van der Waals surface area contributed by atoms with Crippen LogP contribution in [-0.2, 0) is 12.7 Å². The minimum absolute atomic E-state index is 0.221. The minimum Gasteiger partial charge on any atom is -0.299 e. The average molecular weight is 351 g/mol. The zero-order valence-corrected chi connectivity index (χ0v) is 12.8. The molecule has 1 heterocycles. The molecule has 0 saturated heterocycles. The van der Waals surface area contributed by atoms with Gasteiger partial charge in [-0.15, -0.1) is 0 Å². The van der Waals surface area contributed by atoms with Crippen molar-refractivity contribution in [2.24, 2.45) is 0 Å². The smallest absolute Gasteiger partial charge is 0.299 e. The summed E-state index contributed by atoms with van der Waals surface area (Å²) >= 11 is 5.58. The molecule has 1 aromatic heterocycles. The second kappa shape index (κ2) is 5.84. The molecule has 4 nitrogen and oxygen atoms in total. The molecule has 0 aliphatic heterocycles. The standard InChI is InChI=1S/C14H11ClF4N2O2/c1-3-21-13(23)9(6(2)20-21)12(22)7-4-5-8(14(17,18)19)11(16)10(7)15/h4-5,20H,3H2,1-2H3. The van der Waals surface area contributed by atoms with Crippen molar-refractivity contribution in [1.29, 1.82) is 0 Å². The number of alkyl halides is 3. The van der Waals surface area contributed by atoms with Crippen LogP contribution in [0.4, 0.5) is 17.6 Å². The second-order valence-corrected chi connectivity index (χ2v) is 5.15. The maximum absolute atomic E-state index is 13.8. The van der Waals surface area contributed by atoms with Crippen LogP contribution in [0.25, 0.3) is 0 Å². The molecular formula is C14H11ClF4N2O2. The summed E-state index contributed by atoms with van der Waals surface area (Å²) in [5.41, 5.74) is -2.78. The Morgan fingerprint density at radius 1 is 1.35 bits per heavy atom. The summed E-state index contributed by atoms with van der Waals surface area (Å²) in [5.74, 6) is -2.68. The van der Waals surface area contributed by atoms with Gasteiger partial charge in [0.15, 0.2) is 5.82 Å². The predicted molar refractivity (Wildman–Crippen MR) is 75.3 cm³/mol. The monoisotopic (exact) mass is 350 g/mol. The Bertz CT molecular complexity index is 837. The highest BCUT2D eigenvalue weighted by Gasteiger charge is 2.36. The van der Waals surface area contributed by atoms with E-state index in [-0.39, 0.29) is 17.8 Å². The van der Waals surface area contributed by atoms with Crippen LogP contribution in [-0.4, -0.2) is 15.6 Å². The molecule has 2 aromatic rings. The summed E-state index contributed by atoms with van der Waals surface area (Å²) < 4.78 is 52.8. The number of aromatic nitrogens is 2. The topological polar surface area (TPSA) is 54.9 Å². The molecule has 0 aliphatic rings. The Hall–Kier alpha value is -2.09. The maximum atomic E-state index is 13.8. The van der Waals surface area contributed by atoms with E-state index in [1.165, 1.54) is 6.92 Å². The first-order valence-corrected chi connectivity index (χ1v) is 6.86. The highest BCUT2D eigenvalue weighted by atomic mass is 35.5. The Balaban J connectivity index is 2.60. The van der Waals surface area contributed by atoms with E-state index >= 15 is 0 Å². The summed E-state index contributed by atoms with van der Waals surface area (Å²) in [5, 5.41) is 1.68. The van der Waals surface area contributed by atoms with Crippen LogP contribution in [0.15, 0.2) is 16.9 Å². The number of carbonyl (C=O) groups excluding carboxylic acids is 1. The van der Waals surface area contributed by atoms with Crippen molar-refractivity contribution in [1.82, 2.24) is 9.78 Å². The van der Waals surface area contributed by atoms with Crippen molar-refractivity contribution in [3.8, 4) is 0 Å². The zero-order valence-electron chi connectivity index (χ0n) is 12.0. The van der Waals surface area contributed by atoms with Gasteiger partial charge in [0.25, 0.3) is 5.56 Å². The van der Waals surface area contributed by atoms with Crippen LogP contribution in [0.2, 0.25) is 5.02 Å². The molecule has 0 radical (unpaired) electrons. The number of nitrogens with one attached hydrogen (secondary N) is 1. The summed E-state index contributed by atoms with van der Waals surface area (Å²) in [4.78, 5) is 24.4. The number of carbonyl (C=O) groups is 1. The van der Waals surface area contributed by atoms with E-state index in [1.807, 2.05) is 0 Å². The summed E-state index contributed by atoms with van der Waals surface area (Å²) in [7, 11) is 0. The number of hydrogen-bond acceptors (Lipinski definition) is 2. The highest BCUT2D eigenvalue weighted by Crippen LogP contribution is 2.35. The van der Waals surface area contributed by atoms with Crippen molar-refractivity contribution < 1.29 is 22.4 Å². The zero-order chi connectivity index (χ0) is 17.5. The first-order chi connectivity index (χ1) is 10.6. The van der Waals surface area contributed by atoms with E-state index in [0.717, 1.165) is 10.7 Å². The third-order valence-corrected chi connectivity index (χ3v) is 3.68. The summed E-state index contributed by atoms with van der Waals surface area (Å²) in [6, 6.07) is 1.19. The first kappa shape index (κ1) is 17.3. The average Bonchev–Trinajstić information content (AvgIpc) is 2.74. The van der Waals surface area contributed by atoms with E-state index in [1.54, 1.807) is 6.92 Å². The first-order valence-electron chi connectivity index (χ1n) is 6.48. The number of H-pyrrole nitrogens is 1. The predicted octanol–water partition coefficient (Wildman–Crippen LogP) is 3.55. The number of benzene rings is 1. The molecule has 0 amide bonds. The molecule has 0 aliphatic carbocycles. The highest BCUT2D eigenvalue weighted by molar-refractivity contribution is 6.35. The lowest BCUT2D eigenvalue weighted by molar-refractivity contribution is -0.140. The van der Waals surface area contributed by atoms with E-state index in [9.17, 15) is 27.2 Å². The number of rotatable bonds is 3. The maximum Gasteiger partial charge on any atom is 0.419 e. The van der Waals surface area contributed by atoms with Crippen LogP contribution in [0.1, 0.15) is 34.1 Å². The van der Waals surface area contributed by atoms with Crippen molar-refractivity contribution in [3.63, 3.8) is 0 Å². The van der Waals surface area contributed by atoms with E-state index < -0.39 is 39.5 Å². The van der Waals surface area contributed by atoms with Gasteiger partial charge in [0.2, 0.25) is 5.78 Å². The van der Waals surface area contributed by atoms with E-state index in [4.69, 9.17) is 11.6 Å². The summed E-state index contributed by atoms with van der Waals surface area (Å²) in [6.45, 7) is 3.38. The van der Waals surface area contributed by atoms with Gasteiger partial charge < -0.3 is 0 Å². The van der Waals surface area contributed by atoms with Gasteiger partial charge in [-0.1, -0.05) is 11.6 Å². The van der Waals surface area contributed by atoms with Crippen molar-refractivity contribution in [2.45, 2.75) is 26.6 Å². The second-order valence-electron chi connectivity index (χ2n) is 4.78. The molecule has 1 N–H and O–H groups in total. The number of ketones is 1. The number of halogens is 5. The van der Waals surface area contributed by atoms with Crippen LogP contribution in [0.5, 0.6) is 0 Å². The minimum atomic E-state index is -4.94. The number of nitrogens with zero attached hydrogens (tertiary/aromatic N) is 1.